The molecule has 11 heavy (non-hydrogen) atoms. The third-order valence-electron chi connectivity index (χ3n) is 1.23. The molecule has 0 radical (unpaired) electrons. The van der Waals surface area contributed by atoms with Crippen molar-refractivity contribution in [2.75, 3.05) is 5.01 Å². The first-order valence-corrected chi connectivity index (χ1v) is 3.77. The highest BCUT2D eigenvalue weighted by Crippen LogP contribution is 2.18. The lowest BCUT2D eigenvalue weighted by Crippen LogP contribution is -2.18. The number of aromatic nitrogens is 2. The van der Waals surface area contributed by atoms with Gasteiger partial charge in [0.05, 0.1) is 6.42 Å². The first-order chi connectivity index (χ1) is 5.38. The molecule has 0 saturated carbocycles. The maximum atomic E-state index is 11.0. The summed E-state index contributed by atoms with van der Waals surface area (Å²) in [4.78, 5) is 14.9. The second kappa shape index (κ2) is 2.39. The van der Waals surface area contributed by atoms with Crippen LogP contribution in [0.3, 0.4) is 0 Å². The van der Waals surface area contributed by atoms with Crippen LogP contribution >= 0.6 is 11.5 Å². The molecule has 0 bridgehead atoms. The number of hydrogen-bond acceptors (Lipinski definition) is 5. The van der Waals surface area contributed by atoms with Gasteiger partial charge in [-0.2, -0.15) is 14.5 Å². The van der Waals surface area contributed by atoms with Gasteiger partial charge in [-0.05, 0) is 0 Å². The normalized spacial score (nSPS) is 16.4. The molecule has 0 N–H and O–H groups in total. The van der Waals surface area contributed by atoms with E-state index in [4.69, 9.17) is 0 Å². The van der Waals surface area contributed by atoms with Gasteiger partial charge in [-0.15, -0.1) is 0 Å². The van der Waals surface area contributed by atoms with Gasteiger partial charge in [0.25, 0.3) is 5.91 Å². The average molecular weight is 168 g/mol. The molecule has 5 nitrogen and oxygen atoms in total. The molecule has 0 aliphatic carbocycles. The molecule has 0 aromatic carbocycles. The zero-order valence-corrected chi connectivity index (χ0v) is 6.28. The van der Waals surface area contributed by atoms with Crippen LogP contribution in [0.25, 0.3) is 0 Å². The van der Waals surface area contributed by atoms with Gasteiger partial charge < -0.3 is 0 Å². The number of hydrogen-bond donors (Lipinski definition) is 0. The summed E-state index contributed by atoms with van der Waals surface area (Å²) >= 11 is 1.15. The lowest BCUT2D eigenvalue weighted by Gasteiger charge is -2.04. The molecule has 1 amide bonds. The molecular formula is C5H4N4OS. The minimum Gasteiger partial charge on any atom is -0.272 e. The first-order valence-electron chi connectivity index (χ1n) is 3.00. The number of hydrazone groups is 1. The maximum Gasteiger partial charge on any atom is 0.254 e. The Morgan fingerprint density at radius 1 is 1.64 bits per heavy atom. The van der Waals surface area contributed by atoms with Crippen molar-refractivity contribution in [3.05, 3.63) is 6.33 Å². The molecule has 1 aromatic heterocycles. The zero-order chi connectivity index (χ0) is 7.68. The van der Waals surface area contributed by atoms with Crippen molar-refractivity contribution in [1.82, 2.24) is 9.36 Å². The molecule has 0 atom stereocenters. The van der Waals surface area contributed by atoms with Crippen LogP contribution < -0.4 is 5.01 Å². The third-order valence-corrected chi connectivity index (χ3v) is 1.87. The van der Waals surface area contributed by atoms with E-state index < -0.39 is 0 Å². The second-order valence-electron chi connectivity index (χ2n) is 1.93. The number of anilines is 1. The van der Waals surface area contributed by atoms with Crippen LogP contribution in [0.5, 0.6) is 0 Å². The molecule has 56 valence electrons. The van der Waals surface area contributed by atoms with Crippen molar-refractivity contribution in [3.8, 4) is 0 Å². The van der Waals surface area contributed by atoms with Crippen LogP contribution in [0, 0.1) is 0 Å². The lowest BCUT2D eigenvalue weighted by atomic mass is 10.5. The topological polar surface area (TPSA) is 58.5 Å². The van der Waals surface area contributed by atoms with Gasteiger partial charge in [0.15, 0.2) is 0 Å². The fourth-order valence-corrected chi connectivity index (χ4v) is 1.28. The van der Waals surface area contributed by atoms with E-state index in [-0.39, 0.29) is 5.91 Å². The molecule has 2 heterocycles. The molecular weight excluding hydrogens is 164 g/mol. The standard InChI is InChI=1S/C5H4N4OS/c10-4-1-2-7-9(4)5-6-3-8-11-5/h2-3H,1H2. The first kappa shape index (κ1) is 6.41. The predicted octanol–water partition coefficient (Wildman–Crippen LogP) is 0.261. The van der Waals surface area contributed by atoms with Gasteiger partial charge in [0.2, 0.25) is 5.13 Å². The Kier molecular flexibility index (Phi) is 1.39. The summed E-state index contributed by atoms with van der Waals surface area (Å²) in [6, 6.07) is 0. The van der Waals surface area contributed by atoms with Crippen molar-refractivity contribution in [3.63, 3.8) is 0 Å². The van der Waals surface area contributed by atoms with Gasteiger partial charge in [-0.3, -0.25) is 4.79 Å². The molecule has 0 saturated heterocycles. The molecule has 2 rings (SSSR count). The quantitative estimate of drug-likeness (QED) is 0.604. The molecule has 6 heteroatoms. The second-order valence-corrected chi connectivity index (χ2v) is 2.69. The van der Waals surface area contributed by atoms with Crippen LogP contribution in [-0.2, 0) is 4.79 Å². The van der Waals surface area contributed by atoms with Crippen LogP contribution in [0.1, 0.15) is 6.42 Å². The van der Waals surface area contributed by atoms with E-state index in [1.807, 2.05) is 0 Å². The summed E-state index contributed by atoms with van der Waals surface area (Å²) in [6.07, 6.45) is 3.32. The predicted molar refractivity (Wildman–Crippen MR) is 40.5 cm³/mol. The van der Waals surface area contributed by atoms with E-state index in [9.17, 15) is 4.79 Å². The van der Waals surface area contributed by atoms with Crippen molar-refractivity contribution < 1.29 is 4.79 Å². The largest absolute Gasteiger partial charge is 0.272 e. The third kappa shape index (κ3) is 1.01. The maximum absolute atomic E-state index is 11.0. The van der Waals surface area contributed by atoms with E-state index in [0.717, 1.165) is 11.5 Å². The summed E-state index contributed by atoms with van der Waals surface area (Å²) in [7, 11) is 0. The Morgan fingerprint density at radius 3 is 3.09 bits per heavy atom. The Morgan fingerprint density at radius 2 is 2.55 bits per heavy atom. The number of carbonyl (C=O) groups excluding carboxylic acids is 1. The van der Waals surface area contributed by atoms with Gasteiger partial charge in [0.1, 0.15) is 6.33 Å². The van der Waals surface area contributed by atoms with E-state index in [1.54, 1.807) is 6.21 Å². The van der Waals surface area contributed by atoms with Crippen LogP contribution in [0.4, 0.5) is 5.13 Å². The molecule has 0 unspecified atom stereocenters. The Hall–Kier alpha value is -1.30. The highest BCUT2D eigenvalue weighted by molar-refractivity contribution is 7.09. The van der Waals surface area contributed by atoms with Crippen molar-refractivity contribution >= 4 is 28.8 Å². The van der Waals surface area contributed by atoms with Gasteiger partial charge in [0, 0.05) is 17.7 Å². The van der Waals surface area contributed by atoms with Crippen LogP contribution in [-0.4, -0.2) is 21.5 Å². The lowest BCUT2D eigenvalue weighted by molar-refractivity contribution is -0.116. The fraction of sp³-hybridized carbons (Fsp3) is 0.200. The Bertz CT molecular complexity index is 293. The highest BCUT2D eigenvalue weighted by Gasteiger charge is 2.20. The number of nitrogens with zero attached hydrogens (tertiary/aromatic N) is 4. The molecule has 0 spiro atoms. The molecule has 1 aliphatic rings. The van der Waals surface area contributed by atoms with Crippen molar-refractivity contribution in [2.45, 2.75) is 6.42 Å². The average Bonchev–Trinajstić information content (AvgIpc) is 2.55. The highest BCUT2D eigenvalue weighted by atomic mass is 32.1. The van der Waals surface area contributed by atoms with Crippen LogP contribution in [0.2, 0.25) is 0 Å². The van der Waals surface area contributed by atoms with Crippen molar-refractivity contribution in [2.24, 2.45) is 5.10 Å². The number of amides is 1. The summed E-state index contributed by atoms with van der Waals surface area (Å²) in [5, 5.41) is 5.62. The molecule has 1 aromatic rings. The van der Waals surface area contributed by atoms with E-state index in [0.29, 0.717) is 11.6 Å². The SMILES string of the molecule is O=C1CC=NN1c1ncns1. The van der Waals surface area contributed by atoms with Gasteiger partial charge in [-0.25, -0.2) is 4.98 Å². The van der Waals surface area contributed by atoms with E-state index in [1.165, 1.54) is 11.3 Å². The molecule has 1 aliphatic heterocycles. The smallest absolute Gasteiger partial charge is 0.254 e. The monoisotopic (exact) mass is 168 g/mol. The summed E-state index contributed by atoms with van der Waals surface area (Å²) in [5.41, 5.74) is 0. The number of rotatable bonds is 1. The summed E-state index contributed by atoms with van der Waals surface area (Å²) in [5.74, 6) is -0.0539. The molecule has 0 fully saturated rings. The Labute approximate surface area is 66.5 Å². The van der Waals surface area contributed by atoms with Gasteiger partial charge >= 0.3 is 0 Å². The minimum atomic E-state index is -0.0539. The number of carbonyl (C=O) groups is 1. The minimum absolute atomic E-state index is 0.0539. The summed E-state index contributed by atoms with van der Waals surface area (Å²) < 4.78 is 3.76. The summed E-state index contributed by atoms with van der Waals surface area (Å²) in [6.45, 7) is 0. The van der Waals surface area contributed by atoms with E-state index >= 15 is 0 Å². The van der Waals surface area contributed by atoms with Crippen molar-refractivity contribution in [1.29, 1.82) is 0 Å². The van der Waals surface area contributed by atoms with E-state index in [2.05, 4.69) is 14.5 Å². The zero-order valence-electron chi connectivity index (χ0n) is 5.47. The Balaban J connectivity index is 2.30. The van der Waals surface area contributed by atoms with Gasteiger partial charge in [-0.1, -0.05) is 0 Å². The van der Waals surface area contributed by atoms with Crippen LogP contribution in [0.15, 0.2) is 11.4 Å². The fourth-order valence-electron chi connectivity index (χ4n) is 0.768.